The normalized spacial score (nSPS) is 12.6. The molecule has 1 atom stereocenters. The molecule has 1 unspecified atom stereocenters. The van der Waals surface area contributed by atoms with Gasteiger partial charge in [-0.15, -0.1) is 0 Å². The molecule has 1 aromatic carbocycles. The van der Waals surface area contributed by atoms with Gasteiger partial charge in [-0.3, -0.25) is 4.79 Å². The molecule has 0 saturated carbocycles. The Hall–Kier alpha value is -1.81. The van der Waals surface area contributed by atoms with E-state index in [0.29, 0.717) is 19.5 Å². The number of nitrogens with zero attached hydrogens (tertiary/aromatic N) is 1. The zero-order chi connectivity index (χ0) is 14.5. The highest BCUT2D eigenvalue weighted by Gasteiger charge is 2.08. The minimum Gasteiger partial charge on any atom is -0.393 e. The molecule has 0 saturated heterocycles. The van der Waals surface area contributed by atoms with Gasteiger partial charge in [0.05, 0.1) is 6.10 Å². The lowest BCUT2D eigenvalue weighted by Gasteiger charge is -2.10. The van der Waals surface area contributed by atoms with E-state index >= 15 is 0 Å². The average molecular weight is 274 g/mol. The average Bonchev–Trinajstić information content (AvgIpc) is 2.71. The highest BCUT2D eigenvalue weighted by molar-refractivity contribution is 5.84. The van der Waals surface area contributed by atoms with Gasteiger partial charge in [0.1, 0.15) is 6.54 Å². The minimum absolute atomic E-state index is 0.0139. The van der Waals surface area contributed by atoms with E-state index in [1.54, 1.807) is 6.92 Å². The first-order valence-corrected chi connectivity index (χ1v) is 7.07. The van der Waals surface area contributed by atoms with Crippen molar-refractivity contribution >= 4 is 16.8 Å². The Morgan fingerprint density at radius 2 is 2.15 bits per heavy atom. The number of amides is 1. The fourth-order valence-electron chi connectivity index (χ4n) is 2.38. The summed E-state index contributed by atoms with van der Waals surface area (Å²) < 4.78 is 2.03. The first-order valence-electron chi connectivity index (χ1n) is 7.07. The van der Waals surface area contributed by atoms with Crippen molar-refractivity contribution < 1.29 is 9.90 Å². The Kier molecular flexibility index (Phi) is 4.79. The van der Waals surface area contributed by atoms with E-state index < -0.39 is 0 Å². The van der Waals surface area contributed by atoms with Crippen LogP contribution in [0.1, 0.15) is 25.5 Å². The first-order chi connectivity index (χ1) is 9.58. The maximum atomic E-state index is 12.0. The first kappa shape index (κ1) is 14.6. The number of carbonyl (C=O) groups excluding carboxylic acids is 1. The number of carbonyl (C=O) groups is 1. The highest BCUT2D eigenvalue weighted by atomic mass is 16.3. The summed E-state index contributed by atoms with van der Waals surface area (Å²) in [5.74, 6) is 0.0139. The molecule has 0 aliphatic heterocycles. The molecule has 0 bridgehead atoms. The van der Waals surface area contributed by atoms with Gasteiger partial charge in [-0.1, -0.05) is 18.2 Å². The van der Waals surface area contributed by atoms with E-state index in [9.17, 15) is 4.79 Å². The van der Waals surface area contributed by atoms with Gasteiger partial charge in [0.2, 0.25) is 5.91 Å². The van der Waals surface area contributed by atoms with E-state index in [1.165, 1.54) is 0 Å². The molecule has 2 N–H and O–H groups in total. The standard InChI is InChI=1S/C16H22N2O2/c1-12-10-14-7-3-4-8-15(14)18(12)11-16(20)17-9-5-6-13(2)19/h3-4,7-8,10,13,19H,5-6,9,11H2,1-2H3,(H,17,20). The smallest absolute Gasteiger partial charge is 0.239 e. The van der Waals surface area contributed by atoms with Crippen LogP contribution in [0.4, 0.5) is 0 Å². The molecule has 1 aromatic heterocycles. The Morgan fingerprint density at radius 1 is 1.40 bits per heavy atom. The van der Waals surface area contributed by atoms with Crippen molar-refractivity contribution in [1.29, 1.82) is 0 Å². The van der Waals surface area contributed by atoms with Crippen LogP contribution in [0.2, 0.25) is 0 Å². The van der Waals surface area contributed by atoms with Gasteiger partial charge in [0.15, 0.2) is 0 Å². The predicted molar refractivity (Wildman–Crippen MR) is 80.6 cm³/mol. The predicted octanol–water partition coefficient (Wildman–Crippen LogP) is 2.23. The molecule has 2 rings (SSSR count). The van der Waals surface area contributed by atoms with Crippen LogP contribution < -0.4 is 5.32 Å². The molecule has 0 spiro atoms. The summed E-state index contributed by atoms with van der Waals surface area (Å²) in [7, 11) is 0. The second-order valence-corrected chi connectivity index (χ2v) is 5.27. The number of nitrogens with one attached hydrogen (secondary N) is 1. The summed E-state index contributed by atoms with van der Waals surface area (Å²) >= 11 is 0. The molecule has 0 fully saturated rings. The summed E-state index contributed by atoms with van der Waals surface area (Å²) in [6.07, 6.45) is 1.21. The Bertz CT molecular complexity index is 587. The van der Waals surface area contributed by atoms with Crippen molar-refractivity contribution in [3.05, 3.63) is 36.0 Å². The summed E-state index contributed by atoms with van der Waals surface area (Å²) in [5, 5.41) is 13.2. The topological polar surface area (TPSA) is 54.3 Å². The molecule has 1 amide bonds. The van der Waals surface area contributed by atoms with Crippen molar-refractivity contribution in [1.82, 2.24) is 9.88 Å². The summed E-state index contributed by atoms with van der Waals surface area (Å²) in [4.78, 5) is 12.0. The number of rotatable bonds is 6. The number of hydrogen-bond donors (Lipinski definition) is 2. The van der Waals surface area contributed by atoms with Crippen LogP contribution in [0.5, 0.6) is 0 Å². The molecule has 0 aliphatic rings. The zero-order valence-electron chi connectivity index (χ0n) is 12.1. The number of aliphatic hydroxyl groups is 1. The fraction of sp³-hybridized carbons (Fsp3) is 0.438. The Labute approximate surface area is 119 Å². The molecular formula is C16H22N2O2. The SMILES string of the molecule is Cc1cc2ccccc2n1CC(=O)NCCCC(C)O. The lowest BCUT2D eigenvalue weighted by Crippen LogP contribution is -2.29. The Balaban J connectivity index is 1.94. The van der Waals surface area contributed by atoms with Crippen LogP contribution in [0.25, 0.3) is 10.9 Å². The van der Waals surface area contributed by atoms with Crippen LogP contribution in [0, 0.1) is 6.92 Å². The summed E-state index contributed by atoms with van der Waals surface area (Å²) in [5.41, 5.74) is 2.18. The third-order valence-electron chi connectivity index (χ3n) is 3.44. The van der Waals surface area contributed by atoms with Crippen molar-refractivity contribution in [3.63, 3.8) is 0 Å². The lowest BCUT2D eigenvalue weighted by atomic mass is 10.2. The molecule has 4 heteroatoms. The van der Waals surface area contributed by atoms with E-state index in [-0.39, 0.29) is 12.0 Å². The number of aliphatic hydroxyl groups excluding tert-OH is 1. The van der Waals surface area contributed by atoms with E-state index in [1.807, 2.05) is 29.7 Å². The number of benzene rings is 1. The quantitative estimate of drug-likeness (QED) is 0.794. The molecule has 20 heavy (non-hydrogen) atoms. The molecule has 1 heterocycles. The van der Waals surface area contributed by atoms with Crippen molar-refractivity contribution in [2.75, 3.05) is 6.54 Å². The number of fused-ring (bicyclic) bond motifs is 1. The number of para-hydroxylation sites is 1. The van der Waals surface area contributed by atoms with Gasteiger partial charge >= 0.3 is 0 Å². The number of hydrogen-bond acceptors (Lipinski definition) is 2. The van der Waals surface area contributed by atoms with Crippen molar-refractivity contribution in [2.24, 2.45) is 0 Å². The molecule has 4 nitrogen and oxygen atoms in total. The van der Waals surface area contributed by atoms with Crippen molar-refractivity contribution in [3.8, 4) is 0 Å². The van der Waals surface area contributed by atoms with Crippen LogP contribution in [0.15, 0.2) is 30.3 Å². The monoisotopic (exact) mass is 274 g/mol. The van der Waals surface area contributed by atoms with Crippen LogP contribution >= 0.6 is 0 Å². The second-order valence-electron chi connectivity index (χ2n) is 5.27. The van der Waals surface area contributed by atoms with Gasteiger partial charge in [-0.05, 0) is 44.2 Å². The minimum atomic E-state index is -0.303. The fourth-order valence-corrected chi connectivity index (χ4v) is 2.38. The summed E-state index contributed by atoms with van der Waals surface area (Å²) in [6.45, 7) is 4.73. The van der Waals surface area contributed by atoms with Crippen LogP contribution in [-0.2, 0) is 11.3 Å². The largest absolute Gasteiger partial charge is 0.393 e. The maximum Gasteiger partial charge on any atom is 0.239 e. The molecule has 2 aromatic rings. The van der Waals surface area contributed by atoms with Gasteiger partial charge in [0, 0.05) is 17.8 Å². The van der Waals surface area contributed by atoms with E-state index in [0.717, 1.165) is 23.0 Å². The summed E-state index contributed by atoms with van der Waals surface area (Å²) in [6, 6.07) is 10.2. The van der Waals surface area contributed by atoms with Crippen molar-refractivity contribution in [2.45, 2.75) is 39.3 Å². The van der Waals surface area contributed by atoms with Gasteiger partial charge in [0.25, 0.3) is 0 Å². The third kappa shape index (κ3) is 3.61. The second kappa shape index (κ2) is 6.57. The molecule has 0 radical (unpaired) electrons. The van der Waals surface area contributed by atoms with Gasteiger partial charge < -0.3 is 15.0 Å². The highest BCUT2D eigenvalue weighted by Crippen LogP contribution is 2.18. The molecule has 0 aliphatic carbocycles. The maximum absolute atomic E-state index is 12.0. The van der Waals surface area contributed by atoms with Crippen LogP contribution in [0.3, 0.4) is 0 Å². The van der Waals surface area contributed by atoms with Gasteiger partial charge in [-0.25, -0.2) is 0 Å². The molecular weight excluding hydrogens is 252 g/mol. The zero-order valence-corrected chi connectivity index (χ0v) is 12.1. The van der Waals surface area contributed by atoms with E-state index in [2.05, 4.69) is 17.4 Å². The number of aryl methyl sites for hydroxylation is 1. The number of aromatic nitrogens is 1. The van der Waals surface area contributed by atoms with Crippen LogP contribution in [-0.4, -0.2) is 28.2 Å². The molecule has 108 valence electrons. The third-order valence-corrected chi connectivity index (χ3v) is 3.44. The van der Waals surface area contributed by atoms with E-state index in [4.69, 9.17) is 5.11 Å². The lowest BCUT2D eigenvalue weighted by molar-refractivity contribution is -0.121. The van der Waals surface area contributed by atoms with Gasteiger partial charge in [-0.2, -0.15) is 0 Å². The Morgan fingerprint density at radius 3 is 2.90 bits per heavy atom.